The zero-order chi connectivity index (χ0) is 20.5. The number of benzene rings is 2. The van der Waals surface area contributed by atoms with Crippen LogP contribution in [-0.4, -0.2) is 24.0 Å². The lowest BCUT2D eigenvalue weighted by Crippen LogP contribution is -2.08. The molecule has 0 amide bonds. The number of furan rings is 1. The van der Waals surface area contributed by atoms with Crippen molar-refractivity contribution in [3.05, 3.63) is 64.9 Å². The Bertz CT molecular complexity index is 1030. The first kappa shape index (κ1) is 19.5. The van der Waals surface area contributed by atoms with E-state index in [0.29, 0.717) is 10.9 Å². The third-order valence-electron chi connectivity index (χ3n) is 4.26. The number of hydrogen-bond acceptors (Lipinski definition) is 5. The predicted molar refractivity (Wildman–Crippen MR) is 93.1 cm³/mol. The number of hydrogen-bond donors (Lipinski definition) is 1. The van der Waals surface area contributed by atoms with Crippen LogP contribution in [0, 0.1) is 0 Å². The van der Waals surface area contributed by atoms with Crippen molar-refractivity contribution in [3.8, 4) is 5.75 Å². The maximum atomic E-state index is 12.8. The van der Waals surface area contributed by atoms with Crippen molar-refractivity contribution < 1.29 is 37.0 Å². The Balaban J connectivity index is 2.02. The highest BCUT2D eigenvalue weighted by molar-refractivity contribution is 6.10. The number of alkyl halides is 3. The molecule has 8 heteroatoms. The molecule has 0 bridgehead atoms. The molecule has 28 heavy (non-hydrogen) atoms. The number of carbonyl (C=O) groups excluding carboxylic acids is 2. The van der Waals surface area contributed by atoms with Crippen LogP contribution in [0.3, 0.4) is 0 Å². The number of aryl methyl sites for hydroxylation is 1. The molecule has 2 aromatic carbocycles. The molecule has 0 saturated carbocycles. The fourth-order valence-corrected chi connectivity index (χ4v) is 2.84. The van der Waals surface area contributed by atoms with E-state index in [2.05, 4.69) is 4.74 Å². The summed E-state index contributed by atoms with van der Waals surface area (Å²) in [5.41, 5.74) is -0.208. The molecule has 1 heterocycles. The van der Waals surface area contributed by atoms with Gasteiger partial charge in [-0.2, -0.15) is 13.2 Å². The number of methoxy groups -OCH3 is 1. The topological polar surface area (TPSA) is 76.7 Å². The largest absolute Gasteiger partial charge is 0.508 e. The van der Waals surface area contributed by atoms with Gasteiger partial charge < -0.3 is 14.3 Å². The Morgan fingerprint density at radius 2 is 1.79 bits per heavy atom. The van der Waals surface area contributed by atoms with E-state index in [-0.39, 0.29) is 35.5 Å². The van der Waals surface area contributed by atoms with Gasteiger partial charge in [0.1, 0.15) is 11.3 Å². The summed E-state index contributed by atoms with van der Waals surface area (Å²) in [6.07, 6.45) is -4.39. The molecule has 0 unspecified atom stereocenters. The third-order valence-corrected chi connectivity index (χ3v) is 4.26. The lowest BCUT2D eigenvalue weighted by Gasteiger charge is -2.07. The monoisotopic (exact) mass is 392 g/mol. The summed E-state index contributed by atoms with van der Waals surface area (Å²) in [6.45, 7) is 0. The number of phenols is 1. The van der Waals surface area contributed by atoms with E-state index in [1.807, 2.05) is 0 Å². The second-order valence-corrected chi connectivity index (χ2v) is 6.07. The Morgan fingerprint density at radius 3 is 2.39 bits per heavy atom. The molecule has 0 spiro atoms. The Labute approximate surface area is 157 Å². The number of phenolic OH excluding ortho intramolecular Hbond substituents is 1. The molecule has 1 aromatic heterocycles. The number of aromatic hydroxyl groups is 1. The van der Waals surface area contributed by atoms with Crippen LogP contribution >= 0.6 is 0 Å². The number of rotatable bonds is 5. The van der Waals surface area contributed by atoms with Gasteiger partial charge in [-0.25, -0.2) is 0 Å². The average Bonchev–Trinajstić information content (AvgIpc) is 3.02. The second kappa shape index (κ2) is 7.38. The van der Waals surface area contributed by atoms with E-state index in [4.69, 9.17) is 4.42 Å². The fourth-order valence-electron chi connectivity index (χ4n) is 2.84. The third kappa shape index (κ3) is 3.85. The van der Waals surface area contributed by atoms with Crippen LogP contribution in [0.5, 0.6) is 5.75 Å². The summed E-state index contributed by atoms with van der Waals surface area (Å²) < 4.78 is 48.4. The van der Waals surface area contributed by atoms with Crippen LogP contribution in [-0.2, 0) is 22.1 Å². The maximum absolute atomic E-state index is 12.8. The van der Waals surface area contributed by atoms with E-state index < -0.39 is 23.5 Å². The molecule has 3 aromatic rings. The number of carbonyl (C=O) groups is 2. The smallest absolute Gasteiger partial charge is 0.416 e. The first-order valence-corrected chi connectivity index (χ1v) is 8.24. The lowest BCUT2D eigenvalue weighted by molar-refractivity contribution is -0.140. The van der Waals surface area contributed by atoms with Crippen LogP contribution < -0.4 is 0 Å². The lowest BCUT2D eigenvalue weighted by atomic mass is 9.99. The molecular weight excluding hydrogens is 377 g/mol. The molecule has 146 valence electrons. The van der Waals surface area contributed by atoms with Gasteiger partial charge in [-0.1, -0.05) is 12.1 Å². The maximum Gasteiger partial charge on any atom is 0.416 e. The first-order valence-electron chi connectivity index (χ1n) is 8.24. The van der Waals surface area contributed by atoms with Gasteiger partial charge in [-0.05, 0) is 30.7 Å². The SMILES string of the molecule is COC(=O)CCc1c(C(=O)c2ccc(C(F)(F)F)cc2)oc2cc(O)ccc12. The highest BCUT2D eigenvalue weighted by Gasteiger charge is 2.30. The minimum Gasteiger partial charge on any atom is -0.508 e. The minimum atomic E-state index is -4.51. The van der Waals surface area contributed by atoms with Gasteiger partial charge >= 0.3 is 12.1 Å². The van der Waals surface area contributed by atoms with Crippen LogP contribution in [0.25, 0.3) is 11.0 Å². The van der Waals surface area contributed by atoms with E-state index in [1.54, 1.807) is 6.07 Å². The quantitative estimate of drug-likeness (QED) is 0.511. The molecule has 0 atom stereocenters. The standard InChI is InChI=1S/C20H15F3O5/c1-27-17(25)9-8-15-14-7-6-13(24)10-16(14)28-19(15)18(26)11-2-4-12(5-3-11)20(21,22)23/h2-7,10,24H,8-9H2,1H3. The zero-order valence-corrected chi connectivity index (χ0v) is 14.7. The molecule has 0 saturated heterocycles. The van der Waals surface area contributed by atoms with Crippen molar-refractivity contribution in [2.45, 2.75) is 19.0 Å². The van der Waals surface area contributed by atoms with Crippen molar-refractivity contribution in [1.29, 1.82) is 0 Å². The number of fused-ring (bicyclic) bond motifs is 1. The molecule has 5 nitrogen and oxygen atoms in total. The van der Waals surface area contributed by atoms with Crippen molar-refractivity contribution in [3.63, 3.8) is 0 Å². The molecule has 3 rings (SSSR count). The van der Waals surface area contributed by atoms with Crippen molar-refractivity contribution >= 4 is 22.7 Å². The zero-order valence-electron chi connectivity index (χ0n) is 14.7. The molecule has 0 aliphatic rings. The normalized spacial score (nSPS) is 11.6. The van der Waals surface area contributed by atoms with Crippen LogP contribution in [0.1, 0.15) is 33.7 Å². The summed E-state index contributed by atoms with van der Waals surface area (Å²) >= 11 is 0. The highest BCUT2D eigenvalue weighted by atomic mass is 19.4. The molecule has 1 N–H and O–H groups in total. The Hall–Kier alpha value is -3.29. The summed E-state index contributed by atoms with van der Waals surface area (Å²) in [7, 11) is 1.24. The number of ketones is 1. The predicted octanol–water partition coefficient (Wildman–Crippen LogP) is 4.49. The minimum absolute atomic E-state index is 0.00981. The van der Waals surface area contributed by atoms with Crippen LogP contribution in [0.2, 0.25) is 0 Å². The van der Waals surface area contributed by atoms with Crippen LogP contribution in [0.4, 0.5) is 13.2 Å². The summed E-state index contributed by atoms with van der Waals surface area (Å²) in [5.74, 6) is -1.27. The first-order chi connectivity index (χ1) is 13.2. The fraction of sp³-hybridized carbons (Fsp3) is 0.200. The molecule has 0 fully saturated rings. The number of halogens is 3. The van der Waals surface area contributed by atoms with E-state index in [0.717, 1.165) is 24.3 Å². The number of esters is 1. The Kier molecular flexibility index (Phi) is 5.13. The van der Waals surface area contributed by atoms with Gasteiger partial charge in [0.05, 0.1) is 12.7 Å². The van der Waals surface area contributed by atoms with Gasteiger partial charge in [-0.15, -0.1) is 0 Å². The molecule has 0 aliphatic heterocycles. The summed E-state index contributed by atoms with van der Waals surface area (Å²) in [5, 5.41) is 10.1. The highest BCUT2D eigenvalue weighted by Crippen LogP contribution is 2.33. The average molecular weight is 392 g/mol. The van der Waals surface area contributed by atoms with Gasteiger partial charge in [0.15, 0.2) is 5.76 Å². The van der Waals surface area contributed by atoms with Crippen LogP contribution in [0.15, 0.2) is 46.9 Å². The number of ether oxygens (including phenoxy) is 1. The Morgan fingerprint density at radius 1 is 1.11 bits per heavy atom. The molecular formula is C20H15F3O5. The van der Waals surface area contributed by atoms with Gasteiger partial charge in [0, 0.05) is 29.0 Å². The van der Waals surface area contributed by atoms with Crippen molar-refractivity contribution in [2.24, 2.45) is 0 Å². The van der Waals surface area contributed by atoms with E-state index in [1.165, 1.54) is 19.2 Å². The molecule has 0 aliphatic carbocycles. The van der Waals surface area contributed by atoms with Crippen molar-refractivity contribution in [1.82, 2.24) is 0 Å². The molecule has 0 radical (unpaired) electrons. The summed E-state index contributed by atoms with van der Waals surface area (Å²) in [6, 6.07) is 8.04. The van der Waals surface area contributed by atoms with Gasteiger partial charge in [0.25, 0.3) is 0 Å². The van der Waals surface area contributed by atoms with Gasteiger partial charge in [0.2, 0.25) is 5.78 Å². The van der Waals surface area contributed by atoms with Crippen molar-refractivity contribution in [2.75, 3.05) is 7.11 Å². The second-order valence-electron chi connectivity index (χ2n) is 6.07. The van der Waals surface area contributed by atoms with E-state index in [9.17, 15) is 27.9 Å². The van der Waals surface area contributed by atoms with E-state index >= 15 is 0 Å². The summed E-state index contributed by atoms with van der Waals surface area (Å²) in [4.78, 5) is 24.3. The van der Waals surface area contributed by atoms with Gasteiger partial charge in [-0.3, -0.25) is 9.59 Å².